The van der Waals surface area contributed by atoms with Gasteiger partial charge in [0.05, 0.1) is 6.54 Å². The molecule has 1 aromatic heterocycles. The van der Waals surface area contributed by atoms with Gasteiger partial charge in [0.2, 0.25) is 6.33 Å². The summed E-state index contributed by atoms with van der Waals surface area (Å²) < 4.78 is 5.06. The summed E-state index contributed by atoms with van der Waals surface area (Å²) in [5.41, 5.74) is 2.90. The highest BCUT2D eigenvalue weighted by atomic mass is 15.1. The van der Waals surface area contributed by atoms with E-state index in [9.17, 15) is 0 Å². The molecule has 0 spiro atoms. The van der Waals surface area contributed by atoms with E-state index in [4.69, 9.17) is 0 Å². The van der Waals surface area contributed by atoms with Crippen LogP contribution < -0.4 is 4.57 Å². The molecule has 274 valence electrons. The molecule has 49 heavy (non-hydrogen) atoms. The normalized spacial score (nSPS) is 13.4. The average Bonchev–Trinajstić information content (AvgIpc) is 3.59. The van der Waals surface area contributed by atoms with Crippen molar-refractivity contribution in [3.63, 3.8) is 0 Å². The molecular formula is C47H77N2+. The summed E-state index contributed by atoms with van der Waals surface area (Å²) in [7, 11) is 0. The molecule has 0 amide bonds. The summed E-state index contributed by atoms with van der Waals surface area (Å²) >= 11 is 0. The van der Waals surface area contributed by atoms with Crippen molar-refractivity contribution in [1.82, 2.24) is 4.57 Å². The summed E-state index contributed by atoms with van der Waals surface area (Å²) in [5, 5.41) is 0. The van der Waals surface area contributed by atoms with E-state index in [1.807, 2.05) is 0 Å². The van der Waals surface area contributed by atoms with Crippen LogP contribution in [0.25, 0.3) is 0 Å². The van der Waals surface area contributed by atoms with Gasteiger partial charge in [0.25, 0.3) is 0 Å². The molecule has 2 unspecified atom stereocenters. The Morgan fingerprint density at radius 1 is 0.531 bits per heavy atom. The molecule has 2 nitrogen and oxygen atoms in total. The minimum absolute atomic E-state index is 0.00876. The van der Waals surface area contributed by atoms with Crippen molar-refractivity contribution in [2.75, 3.05) is 0 Å². The maximum Gasteiger partial charge on any atom is 0.244 e. The van der Waals surface area contributed by atoms with E-state index >= 15 is 0 Å². The number of rotatable bonds is 31. The molecule has 2 heteroatoms. The first-order chi connectivity index (χ1) is 24.2. The molecule has 3 rings (SSSR count). The number of aromatic nitrogens is 2. The Bertz CT molecular complexity index is 1150. The highest BCUT2D eigenvalue weighted by Gasteiger charge is 2.40. The fraction of sp³-hybridized carbons (Fsp3) is 0.681. The first-order valence-corrected chi connectivity index (χ1v) is 21.3. The third kappa shape index (κ3) is 16.9. The molecule has 2 atom stereocenters. The fourth-order valence-corrected chi connectivity index (χ4v) is 8.09. The molecule has 1 heterocycles. The molecular weight excluding hydrogens is 593 g/mol. The predicted octanol–water partition coefficient (Wildman–Crippen LogP) is 14.3. The number of hydrogen-bond acceptors (Lipinski definition) is 0. The number of aryl methyl sites for hydroxylation is 1. The van der Waals surface area contributed by atoms with Gasteiger partial charge in [0.1, 0.15) is 18.4 Å². The van der Waals surface area contributed by atoms with Gasteiger partial charge in [-0.25, -0.2) is 9.13 Å². The molecule has 0 saturated carbocycles. The van der Waals surface area contributed by atoms with Gasteiger partial charge in [-0.2, -0.15) is 0 Å². The summed E-state index contributed by atoms with van der Waals surface area (Å²) in [6.07, 6.45) is 43.2. The second kappa shape index (κ2) is 26.5. The second-order valence-corrected chi connectivity index (χ2v) is 15.6. The quantitative estimate of drug-likeness (QED) is 0.0476. The third-order valence-corrected chi connectivity index (χ3v) is 11.3. The van der Waals surface area contributed by atoms with Crippen molar-refractivity contribution in [1.29, 1.82) is 0 Å². The van der Waals surface area contributed by atoms with Crippen LogP contribution in [0.1, 0.15) is 198 Å². The molecule has 0 N–H and O–H groups in total. The van der Waals surface area contributed by atoms with Crippen LogP contribution in [0.2, 0.25) is 0 Å². The summed E-state index contributed by atoms with van der Waals surface area (Å²) in [6.45, 7) is 8.29. The van der Waals surface area contributed by atoms with Gasteiger partial charge in [0.15, 0.2) is 0 Å². The van der Waals surface area contributed by atoms with Crippen LogP contribution in [0.15, 0.2) is 79.4 Å². The van der Waals surface area contributed by atoms with Crippen molar-refractivity contribution >= 4 is 0 Å². The molecule has 0 radical (unpaired) electrons. The lowest BCUT2D eigenvalue weighted by molar-refractivity contribution is -0.697. The molecule has 0 aliphatic heterocycles. The van der Waals surface area contributed by atoms with Crippen LogP contribution in [0.4, 0.5) is 0 Å². The van der Waals surface area contributed by atoms with E-state index in [2.05, 4.69) is 109 Å². The minimum Gasteiger partial charge on any atom is -0.237 e. The van der Waals surface area contributed by atoms with Gasteiger partial charge < -0.3 is 0 Å². The predicted molar refractivity (Wildman–Crippen MR) is 214 cm³/mol. The van der Waals surface area contributed by atoms with Crippen LogP contribution in [-0.2, 0) is 18.4 Å². The van der Waals surface area contributed by atoms with E-state index in [1.165, 1.54) is 172 Å². The molecule has 3 aromatic rings. The van der Waals surface area contributed by atoms with Crippen LogP contribution >= 0.6 is 0 Å². The number of benzene rings is 2. The highest BCUT2D eigenvalue weighted by molar-refractivity contribution is 5.30. The molecule has 0 aliphatic rings. The first kappa shape index (κ1) is 41.1. The van der Waals surface area contributed by atoms with Gasteiger partial charge in [-0.3, -0.25) is 0 Å². The number of hydrogen-bond donors (Lipinski definition) is 0. The maximum absolute atomic E-state index is 2.59. The number of nitrogens with zero attached hydrogens (tertiary/aromatic N) is 2. The lowest BCUT2D eigenvalue weighted by Gasteiger charge is -2.37. The standard InChI is InChI=1S/C47H77N2/c1-4-6-8-10-12-14-15-16-17-18-19-20-21-23-25-33-39-48-40-41-49(43-48)46(38-32-24-22-13-11-9-7-5-2)47(3,45-36-30-27-31-37-45)42-44-34-28-26-29-35-44/h26-31,34-37,40-41,43,46H,4-25,32-33,38-39,42H2,1-3H3/q+1. The Morgan fingerprint density at radius 2 is 0.959 bits per heavy atom. The van der Waals surface area contributed by atoms with E-state index in [1.54, 1.807) is 0 Å². The SMILES string of the molecule is CCCCCCCCCCCCCCCCCC[n+]1ccn(C(CCCCCCCCCC)C(C)(Cc2ccccc2)c2ccccc2)c1. The van der Waals surface area contributed by atoms with Gasteiger partial charge >= 0.3 is 0 Å². The lowest BCUT2D eigenvalue weighted by atomic mass is 9.70. The lowest BCUT2D eigenvalue weighted by Crippen LogP contribution is -2.38. The monoisotopic (exact) mass is 670 g/mol. The van der Waals surface area contributed by atoms with Crippen LogP contribution in [0.5, 0.6) is 0 Å². The van der Waals surface area contributed by atoms with Crippen LogP contribution in [0.3, 0.4) is 0 Å². The fourth-order valence-electron chi connectivity index (χ4n) is 8.09. The largest absolute Gasteiger partial charge is 0.244 e. The number of unbranched alkanes of at least 4 members (excludes halogenated alkanes) is 22. The van der Waals surface area contributed by atoms with Crippen molar-refractivity contribution < 1.29 is 4.57 Å². The van der Waals surface area contributed by atoms with Crippen LogP contribution in [0, 0.1) is 0 Å². The third-order valence-electron chi connectivity index (χ3n) is 11.3. The smallest absolute Gasteiger partial charge is 0.237 e. The van der Waals surface area contributed by atoms with Gasteiger partial charge in [-0.1, -0.05) is 216 Å². The minimum atomic E-state index is 0.00876. The van der Waals surface area contributed by atoms with Crippen molar-refractivity contribution in [3.8, 4) is 0 Å². The Balaban J connectivity index is 1.47. The summed E-state index contributed by atoms with van der Waals surface area (Å²) in [4.78, 5) is 0. The van der Waals surface area contributed by atoms with Gasteiger partial charge in [-0.15, -0.1) is 0 Å². The van der Waals surface area contributed by atoms with E-state index in [0.717, 1.165) is 13.0 Å². The number of imidazole rings is 1. The Labute approximate surface area is 304 Å². The van der Waals surface area contributed by atoms with E-state index in [0.29, 0.717) is 6.04 Å². The highest BCUT2D eigenvalue weighted by Crippen LogP contribution is 2.41. The average molecular weight is 670 g/mol. The first-order valence-electron chi connectivity index (χ1n) is 21.3. The molecule has 0 fully saturated rings. The van der Waals surface area contributed by atoms with E-state index in [-0.39, 0.29) is 5.41 Å². The van der Waals surface area contributed by atoms with E-state index < -0.39 is 0 Å². The summed E-state index contributed by atoms with van der Waals surface area (Å²) in [5.74, 6) is 0. The zero-order valence-corrected chi connectivity index (χ0v) is 32.6. The maximum atomic E-state index is 2.59. The van der Waals surface area contributed by atoms with Crippen molar-refractivity contribution in [2.45, 2.75) is 206 Å². The zero-order valence-electron chi connectivity index (χ0n) is 32.6. The Hall–Kier alpha value is -2.35. The molecule has 2 aromatic carbocycles. The molecule has 0 bridgehead atoms. The topological polar surface area (TPSA) is 8.81 Å². The van der Waals surface area contributed by atoms with Gasteiger partial charge in [-0.05, 0) is 43.2 Å². The van der Waals surface area contributed by atoms with Crippen LogP contribution in [-0.4, -0.2) is 4.57 Å². The Morgan fingerprint density at radius 3 is 1.45 bits per heavy atom. The summed E-state index contributed by atoms with van der Waals surface area (Å²) in [6, 6.07) is 23.0. The second-order valence-electron chi connectivity index (χ2n) is 15.6. The van der Waals surface area contributed by atoms with Crippen molar-refractivity contribution in [2.24, 2.45) is 0 Å². The van der Waals surface area contributed by atoms with Crippen molar-refractivity contribution in [3.05, 3.63) is 90.5 Å². The molecule has 0 aliphatic carbocycles. The zero-order chi connectivity index (χ0) is 34.7. The van der Waals surface area contributed by atoms with Gasteiger partial charge in [0, 0.05) is 5.41 Å². The molecule has 0 saturated heterocycles. The Kier molecular flexibility index (Phi) is 22.2.